The molecule has 1 aromatic heterocycles. The quantitative estimate of drug-likeness (QED) is 0.425. The third-order valence-corrected chi connectivity index (χ3v) is 3.56. The van der Waals surface area contributed by atoms with Crippen LogP contribution in [-0.2, 0) is 9.53 Å². The lowest BCUT2D eigenvalue weighted by Crippen LogP contribution is -2.14. The number of hydrazone groups is 1. The molecule has 1 N–H and O–H groups in total. The maximum absolute atomic E-state index is 11.9. The van der Waals surface area contributed by atoms with Gasteiger partial charge in [-0.25, -0.2) is 9.97 Å². The predicted molar refractivity (Wildman–Crippen MR) is 97.4 cm³/mol. The van der Waals surface area contributed by atoms with Crippen LogP contribution in [0.3, 0.4) is 0 Å². The van der Waals surface area contributed by atoms with Gasteiger partial charge in [0.05, 0.1) is 24.3 Å². The van der Waals surface area contributed by atoms with Crippen LogP contribution in [0.4, 0.5) is 5.82 Å². The summed E-state index contributed by atoms with van der Waals surface area (Å²) >= 11 is 0. The molecule has 3 rings (SSSR count). The van der Waals surface area contributed by atoms with E-state index in [4.69, 9.17) is 4.74 Å². The molecule has 6 heteroatoms. The largest absolute Gasteiger partial charge is 0.466 e. The first kappa shape index (κ1) is 16.6. The highest BCUT2D eigenvalue weighted by Gasteiger charge is 2.11. The van der Waals surface area contributed by atoms with Crippen LogP contribution in [0.2, 0.25) is 0 Å². The smallest absolute Gasteiger partial charge is 0.311 e. The molecule has 25 heavy (non-hydrogen) atoms. The summed E-state index contributed by atoms with van der Waals surface area (Å²) in [4.78, 5) is 20.4. The first-order valence-corrected chi connectivity index (χ1v) is 8.01. The van der Waals surface area contributed by atoms with Crippen LogP contribution in [0, 0.1) is 0 Å². The molecule has 0 aliphatic rings. The topological polar surface area (TPSA) is 76.5 Å². The van der Waals surface area contributed by atoms with Gasteiger partial charge in [-0.1, -0.05) is 42.5 Å². The molecular weight excluding hydrogens is 316 g/mol. The average molecular weight is 334 g/mol. The van der Waals surface area contributed by atoms with Crippen molar-refractivity contribution >= 4 is 28.4 Å². The minimum absolute atomic E-state index is 0.0773. The number of nitrogens with zero attached hydrogens (tertiary/aromatic N) is 3. The van der Waals surface area contributed by atoms with Crippen LogP contribution in [0.15, 0.2) is 66.0 Å². The third kappa shape index (κ3) is 4.17. The molecule has 0 aliphatic heterocycles. The minimum Gasteiger partial charge on any atom is -0.466 e. The molecule has 0 spiro atoms. The normalized spacial score (nSPS) is 11.3. The van der Waals surface area contributed by atoms with Crippen molar-refractivity contribution < 1.29 is 9.53 Å². The molecular formula is C19H18N4O2. The van der Waals surface area contributed by atoms with Gasteiger partial charge in [0.2, 0.25) is 0 Å². The number of carbonyl (C=O) groups excluding carboxylic acids is 1. The number of hydrogen-bond donors (Lipinski definition) is 1. The molecule has 0 amide bonds. The van der Waals surface area contributed by atoms with Crippen molar-refractivity contribution in [1.82, 2.24) is 9.97 Å². The summed E-state index contributed by atoms with van der Waals surface area (Å²) < 4.78 is 5.04. The average Bonchev–Trinajstić information content (AvgIpc) is 2.66. The van der Waals surface area contributed by atoms with Crippen molar-refractivity contribution in [2.45, 2.75) is 13.3 Å². The second-order valence-electron chi connectivity index (χ2n) is 5.26. The summed E-state index contributed by atoms with van der Waals surface area (Å²) in [6.45, 7) is 2.12. The van der Waals surface area contributed by atoms with E-state index in [-0.39, 0.29) is 12.4 Å². The Morgan fingerprint density at radius 3 is 2.64 bits per heavy atom. The number of carbonyl (C=O) groups is 1. The highest BCUT2D eigenvalue weighted by atomic mass is 16.5. The van der Waals surface area contributed by atoms with Gasteiger partial charge in [0.1, 0.15) is 6.33 Å². The second kappa shape index (κ2) is 8.01. The number of rotatable bonds is 6. The van der Waals surface area contributed by atoms with Gasteiger partial charge in [0, 0.05) is 5.39 Å². The Morgan fingerprint density at radius 1 is 1.08 bits per heavy atom. The highest BCUT2D eigenvalue weighted by Crippen LogP contribution is 2.18. The molecule has 0 saturated carbocycles. The number of ether oxygens (including phenoxy) is 1. The first-order chi connectivity index (χ1) is 12.3. The van der Waals surface area contributed by atoms with Crippen molar-refractivity contribution in [1.29, 1.82) is 0 Å². The van der Waals surface area contributed by atoms with E-state index in [1.54, 1.807) is 6.92 Å². The van der Waals surface area contributed by atoms with Gasteiger partial charge in [-0.05, 0) is 24.6 Å². The first-order valence-electron chi connectivity index (χ1n) is 8.01. The fourth-order valence-corrected chi connectivity index (χ4v) is 2.40. The number of benzene rings is 2. The van der Waals surface area contributed by atoms with Crippen LogP contribution in [0.1, 0.15) is 18.9 Å². The van der Waals surface area contributed by atoms with Crippen LogP contribution in [0.25, 0.3) is 10.9 Å². The van der Waals surface area contributed by atoms with E-state index in [1.807, 2.05) is 54.6 Å². The molecule has 6 nitrogen and oxygen atoms in total. The Hall–Kier alpha value is -3.28. The number of para-hydroxylation sites is 1. The second-order valence-corrected chi connectivity index (χ2v) is 5.26. The monoisotopic (exact) mass is 334 g/mol. The third-order valence-electron chi connectivity index (χ3n) is 3.56. The van der Waals surface area contributed by atoms with Crippen molar-refractivity contribution in [2.24, 2.45) is 5.10 Å². The van der Waals surface area contributed by atoms with Crippen molar-refractivity contribution in [3.8, 4) is 0 Å². The molecule has 0 bridgehead atoms. The number of fused-ring (bicyclic) bond motifs is 1. The van der Waals surface area contributed by atoms with Crippen molar-refractivity contribution in [2.75, 3.05) is 12.0 Å². The zero-order valence-corrected chi connectivity index (χ0v) is 13.8. The summed E-state index contributed by atoms with van der Waals surface area (Å²) in [5.41, 5.74) is 5.22. The van der Waals surface area contributed by atoms with E-state index in [2.05, 4.69) is 20.5 Å². The molecule has 0 atom stereocenters. The number of hydrogen-bond acceptors (Lipinski definition) is 6. The summed E-state index contributed by atoms with van der Waals surface area (Å²) in [6, 6.07) is 17.2. The maximum Gasteiger partial charge on any atom is 0.311 e. The zero-order chi connectivity index (χ0) is 17.5. The van der Waals surface area contributed by atoms with Crippen molar-refractivity contribution in [3.63, 3.8) is 0 Å². The van der Waals surface area contributed by atoms with E-state index in [0.29, 0.717) is 18.1 Å². The molecule has 2 aromatic carbocycles. The van der Waals surface area contributed by atoms with Crippen LogP contribution in [0.5, 0.6) is 0 Å². The van der Waals surface area contributed by atoms with E-state index < -0.39 is 0 Å². The standard InChI is InChI=1S/C19H18N4O2/c1-2-25-18(24)12-17(14-8-4-3-5-9-14)22-23-19-15-10-6-7-11-16(15)20-13-21-19/h3-11,13H,2,12H2,1H3,(H,20,21,23). The molecule has 0 fully saturated rings. The maximum atomic E-state index is 11.9. The van der Waals surface area contributed by atoms with Gasteiger partial charge >= 0.3 is 5.97 Å². The molecule has 0 saturated heterocycles. The molecule has 0 radical (unpaired) electrons. The van der Waals surface area contributed by atoms with E-state index in [1.165, 1.54) is 6.33 Å². The van der Waals surface area contributed by atoms with Gasteiger partial charge in [-0.2, -0.15) is 5.10 Å². The zero-order valence-electron chi connectivity index (χ0n) is 13.8. The highest BCUT2D eigenvalue weighted by molar-refractivity contribution is 6.09. The predicted octanol–water partition coefficient (Wildman–Crippen LogP) is 3.40. The van der Waals surface area contributed by atoms with Crippen LogP contribution >= 0.6 is 0 Å². The Labute approximate surface area is 145 Å². The summed E-state index contributed by atoms with van der Waals surface area (Å²) in [5.74, 6) is 0.266. The van der Waals surface area contributed by atoms with Crippen molar-refractivity contribution in [3.05, 3.63) is 66.5 Å². The Bertz CT molecular complexity index is 889. The molecule has 3 aromatic rings. The van der Waals surface area contributed by atoms with E-state index in [9.17, 15) is 4.79 Å². The fraction of sp³-hybridized carbons (Fsp3) is 0.158. The lowest BCUT2D eigenvalue weighted by molar-refractivity contribution is -0.141. The number of aromatic nitrogens is 2. The van der Waals surface area contributed by atoms with Gasteiger partial charge in [-0.15, -0.1) is 0 Å². The van der Waals surface area contributed by atoms with Gasteiger partial charge in [-0.3, -0.25) is 10.2 Å². The molecule has 0 aliphatic carbocycles. The Morgan fingerprint density at radius 2 is 1.84 bits per heavy atom. The van der Waals surface area contributed by atoms with Crippen LogP contribution in [-0.4, -0.2) is 28.3 Å². The Kier molecular flexibility index (Phi) is 5.31. The minimum atomic E-state index is -0.320. The van der Waals surface area contributed by atoms with Gasteiger partial charge < -0.3 is 4.74 Å². The summed E-state index contributed by atoms with van der Waals surface area (Å²) in [7, 11) is 0. The van der Waals surface area contributed by atoms with E-state index in [0.717, 1.165) is 16.5 Å². The number of esters is 1. The lowest BCUT2D eigenvalue weighted by Gasteiger charge is -2.09. The van der Waals surface area contributed by atoms with E-state index >= 15 is 0 Å². The van der Waals surface area contributed by atoms with Crippen LogP contribution < -0.4 is 5.43 Å². The SMILES string of the molecule is CCOC(=O)CC(=NNc1ncnc2ccccc12)c1ccccc1. The summed E-state index contributed by atoms with van der Waals surface area (Å²) in [5, 5.41) is 5.27. The fourth-order valence-electron chi connectivity index (χ4n) is 2.40. The van der Waals surface area contributed by atoms with Gasteiger partial charge in [0.25, 0.3) is 0 Å². The molecule has 1 heterocycles. The molecule has 126 valence electrons. The Balaban J connectivity index is 1.91. The lowest BCUT2D eigenvalue weighted by atomic mass is 10.1. The van der Waals surface area contributed by atoms with Gasteiger partial charge in [0.15, 0.2) is 5.82 Å². The number of anilines is 1. The summed E-state index contributed by atoms with van der Waals surface area (Å²) in [6.07, 6.45) is 1.56. The number of nitrogens with one attached hydrogen (secondary N) is 1. The molecule has 0 unspecified atom stereocenters.